The normalized spacial score (nSPS) is 9.88. The monoisotopic (exact) mass is 225 g/mol. The van der Waals surface area contributed by atoms with Gasteiger partial charge in [0, 0.05) is 26.2 Å². The molecule has 6 nitrogen and oxygen atoms in total. The van der Waals surface area contributed by atoms with Crippen molar-refractivity contribution in [3.63, 3.8) is 0 Å². The minimum Gasteiger partial charge on any atom is -0.469 e. The van der Waals surface area contributed by atoms with Gasteiger partial charge in [0.05, 0.1) is 18.9 Å². The van der Waals surface area contributed by atoms with Crippen molar-refractivity contribution < 1.29 is 14.3 Å². The van der Waals surface area contributed by atoms with Crippen molar-refractivity contribution >= 4 is 11.9 Å². The molecular formula is C10H15N3O3. The summed E-state index contributed by atoms with van der Waals surface area (Å²) in [5.41, 5.74) is 0.514. The van der Waals surface area contributed by atoms with Crippen molar-refractivity contribution in [2.45, 2.75) is 12.8 Å². The number of ether oxygens (including phenoxy) is 1. The third kappa shape index (κ3) is 3.38. The van der Waals surface area contributed by atoms with E-state index in [1.54, 1.807) is 18.1 Å². The lowest BCUT2D eigenvalue weighted by Crippen LogP contribution is -2.27. The molecule has 0 aliphatic rings. The smallest absolute Gasteiger partial charge is 0.305 e. The van der Waals surface area contributed by atoms with E-state index >= 15 is 0 Å². The topological polar surface area (TPSA) is 75.3 Å². The lowest BCUT2D eigenvalue weighted by molar-refractivity contribution is -0.140. The first-order chi connectivity index (χ1) is 7.65. The summed E-state index contributed by atoms with van der Waals surface area (Å²) in [7, 11) is 3.04. The molecule has 1 aromatic rings. The minimum absolute atomic E-state index is 0.112. The fourth-order valence-electron chi connectivity index (χ4n) is 1.25. The van der Waals surface area contributed by atoms with Gasteiger partial charge < -0.3 is 9.64 Å². The van der Waals surface area contributed by atoms with Gasteiger partial charge in [-0.2, -0.15) is 5.10 Å². The van der Waals surface area contributed by atoms with Gasteiger partial charge in [-0.25, -0.2) is 0 Å². The number of methoxy groups -OCH3 is 1. The van der Waals surface area contributed by atoms with Crippen LogP contribution in [-0.4, -0.2) is 47.7 Å². The van der Waals surface area contributed by atoms with Gasteiger partial charge in [-0.15, -0.1) is 0 Å². The number of esters is 1. The number of aromatic nitrogens is 2. The Bertz CT molecular complexity index is 348. The van der Waals surface area contributed by atoms with E-state index in [0.717, 1.165) is 0 Å². The van der Waals surface area contributed by atoms with E-state index in [1.165, 1.54) is 13.3 Å². The van der Waals surface area contributed by atoms with E-state index in [-0.39, 0.29) is 11.9 Å². The molecule has 0 aliphatic carbocycles. The first-order valence-corrected chi connectivity index (χ1v) is 4.96. The minimum atomic E-state index is -0.260. The van der Waals surface area contributed by atoms with E-state index in [4.69, 9.17) is 0 Å². The number of amides is 1. The molecule has 0 aliphatic heterocycles. The number of nitrogens with zero attached hydrogens (tertiary/aromatic N) is 2. The summed E-state index contributed by atoms with van der Waals surface area (Å²) in [5.74, 6) is -0.372. The summed E-state index contributed by atoms with van der Waals surface area (Å²) >= 11 is 0. The summed E-state index contributed by atoms with van der Waals surface area (Å²) in [6, 6.07) is 0. The van der Waals surface area contributed by atoms with Crippen LogP contribution >= 0.6 is 0 Å². The third-order valence-electron chi connectivity index (χ3n) is 2.19. The molecule has 88 valence electrons. The standard InChI is InChI=1S/C10H15N3O3/c1-13(5-3-4-9(14)16-2)10(15)8-6-11-12-7-8/h6-7H,3-5H2,1-2H3,(H,11,12). The Balaban J connectivity index is 2.33. The Hall–Kier alpha value is -1.85. The number of carbonyl (C=O) groups excluding carboxylic acids is 2. The van der Waals surface area contributed by atoms with Gasteiger partial charge in [-0.1, -0.05) is 0 Å². The van der Waals surface area contributed by atoms with E-state index in [9.17, 15) is 9.59 Å². The second-order valence-corrected chi connectivity index (χ2v) is 3.39. The van der Waals surface area contributed by atoms with Gasteiger partial charge in [0.1, 0.15) is 0 Å². The summed E-state index contributed by atoms with van der Waals surface area (Å²) in [6.45, 7) is 0.513. The molecule has 1 aromatic heterocycles. The highest BCUT2D eigenvalue weighted by molar-refractivity contribution is 5.93. The quantitative estimate of drug-likeness (QED) is 0.737. The first kappa shape index (κ1) is 12.2. The van der Waals surface area contributed by atoms with E-state index in [1.807, 2.05) is 0 Å². The SMILES string of the molecule is COC(=O)CCCN(C)C(=O)c1cn[nH]c1. The maximum Gasteiger partial charge on any atom is 0.305 e. The molecule has 0 atom stereocenters. The molecule has 0 saturated heterocycles. The molecule has 1 N–H and O–H groups in total. The average molecular weight is 225 g/mol. The molecule has 16 heavy (non-hydrogen) atoms. The fourth-order valence-corrected chi connectivity index (χ4v) is 1.25. The molecule has 0 bridgehead atoms. The number of nitrogens with one attached hydrogen (secondary N) is 1. The Labute approximate surface area is 93.6 Å². The number of H-pyrrole nitrogens is 1. The number of rotatable bonds is 5. The van der Waals surface area contributed by atoms with Crippen molar-refractivity contribution in [3.8, 4) is 0 Å². The van der Waals surface area contributed by atoms with Crippen LogP contribution in [0, 0.1) is 0 Å². The van der Waals surface area contributed by atoms with Crippen LogP contribution in [0.5, 0.6) is 0 Å². The largest absolute Gasteiger partial charge is 0.469 e. The average Bonchev–Trinajstić information content (AvgIpc) is 2.81. The number of carbonyl (C=O) groups is 2. The number of hydrogen-bond acceptors (Lipinski definition) is 4. The Morgan fingerprint density at radius 3 is 2.88 bits per heavy atom. The van der Waals surface area contributed by atoms with Crippen LogP contribution < -0.4 is 0 Å². The van der Waals surface area contributed by atoms with Crippen molar-refractivity contribution in [3.05, 3.63) is 18.0 Å². The van der Waals surface area contributed by atoms with E-state index in [0.29, 0.717) is 24.9 Å². The van der Waals surface area contributed by atoms with Crippen LogP contribution in [0.4, 0.5) is 0 Å². The van der Waals surface area contributed by atoms with Crippen molar-refractivity contribution in [1.82, 2.24) is 15.1 Å². The van der Waals surface area contributed by atoms with E-state index < -0.39 is 0 Å². The highest BCUT2D eigenvalue weighted by Crippen LogP contribution is 2.02. The molecule has 1 heterocycles. The summed E-state index contributed by atoms with van der Waals surface area (Å²) < 4.78 is 4.51. The van der Waals surface area contributed by atoms with Crippen molar-refractivity contribution in [1.29, 1.82) is 0 Å². The van der Waals surface area contributed by atoms with Crippen LogP contribution in [-0.2, 0) is 9.53 Å². The molecule has 6 heteroatoms. The molecule has 0 unspecified atom stereocenters. The number of hydrogen-bond donors (Lipinski definition) is 1. The van der Waals surface area contributed by atoms with Gasteiger partial charge >= 0.3 is 5.97 Å². The van der Waals surface area contributed by atoms with Gasteiger partial charge in [0.15, 0.2) is 0 Å². The van der Waals surface area contributed by atoms with Crippen molar-refractivity contribution in [2.75, 3.05) is 20.7 Å². The van der Waals surface area contributed by atoms with Crippen LogP contribution in [0.2, 0.25) is 0 Å². The summed E-state index contributed by atoms with van der Waals surface area (Å²) in [6.07, 6.45) is 3.92. The molecule has 0 radical (unpaired) electrons. The Morgan fingerprint density at radius 2 is 2.31 bits per heavy atom. The number of aromatic amines is 1. The summed E-state index contributed by atoms with van der Waals surface area (Å²) in [5, 5.41) is 6.28. The van der Waals surface area contributed by atoms with Gasteiger partial charge in [-0.05, 0) is 6.42 Å². The second-order valence-electron chi connectivity index (χ2n) is 3.39. The first-order valence-electron chi connectivity index (χ1n) is 4.96. The maximum atomic E-state index is 11.7. The Morgan fingerprint density at radius 1 is 1.56 bits per heavy atom. The lowest BCUT2D eigenvalue weighted by Gasteiger charge is -2.15. The molecule has 0 aromatic carbocycles. The zero-order valence-electron chi connectivity index (χ0n) is 9.40. The highest BCUT2D eigenvalue weighted by atomic mass is 16.5. The Kier molecular flexibility index (Phi) is 4.50. The molecule has 1 rings (SSSR count). The van der Waals surface area contributed by atoms with Crippen LogP contribution in [0.1, 0.15) is 23.2 Å². The van der Waals surface area contributed by atoms with Gasteiger partial charge in [0.25, 0.3) is 5.91 Å². The van der Waals surface area contributed by atoms with Crippen LogP contribution in [0.3, 0.4) is 0 Å². The molecule has 1 amide bonds. The van der Waals surface area contributed by atoms with Gasteiger partial charge in [-0.3, -0.25) is 14.7 Å². The zero-order chi connectivity index (χ0) is 12.0. The molecule has 0 fully saturated rings. The fraction of sp³-hybridized carbons (Fsp3) is 0.500. The second kappa shape index (κ2) is 5.89. The molecular weight excluding hydrogens is 210 g/mol. The maximum absolute atomic E-state index is 11.7. The van der Waals surface area contributed by atoms with Gasteiger partial charge in [0.2, 0.25) is 0 Å². The summed E-state index contributed by atoms with van der Waals surface area (Å²) in [4.78, 5) is 24.1. The highest BCUT2D eigenvalue weighted by Gasteiger charge is 2.12. The van der Waals surface area contributed by atoms with Crippen LogP contribution in [0.25, 0.3) is 0 Å². The zero-order valence-corrected chi connectivity index (χ0v) is 9.40. The predicted molar refractivity (Wildman–Crippen MR) is 56.8 cm³/mol. The van der Waals surface area contributed by atoms with Crippen LogP contribution in [0.15, 0.2) is 12.4 Å². The van der Waals surface area contributed by atoms with E-state index in [2.05, 4.69) is 14.9 Å². The van der Waals surface area contributed by atoms with Crippen molar-refractivity contribution in [2.24, 2.45) is 0 Å². The predicted octanol–water partition coefficient (Wildman–Crippen LogP) is 0.435. The molecule has 0 spiro atoms. The third-order valence-corrected chi connectivity index (χ3v) is 2.19. The lowest BCUT2D eigenvalue weighted by atomic mass is 10.2. The molecule has 0 saturated carbocycles.